The number of rotatable bonds is 7. The molecule has 0 fully saturated rings. The Morgan fingerprint density at radius 1 is 1.03 bits per heavy atom. The molecule has 1 amide bonds. The van der Waals surface area contributed by atoms with Gasteiger partial charge in [0, 0.05) is 37.8 Å². The Bertz CT molecular complexity index is 1230. The number of nitrogens with one attached hydrogen (secondary N) is 1. The fraction of sp³-hybridized carbons (Fsp3) is 0.174. The molecule has 0 saturated heterocycles. The molecule has 0 spiro atoms. The van der Waals surface area contributed by atoms with Crippen molar-refractivity contribution >= 4 is 65.1 Å². The van der Waals surface area contributed by atoms with Crippen LogP contribution in [0.3, 0.4) is 0 Å². The minimum atomic E-state index is -3.81. The van der Waals surface area contributed by atoms with Crippen molar-refractivity contribution in [2.45, 2.75) is 31.3 Å². The smallest absolute Gasteiger partial charge is 0.263 e. The molecule has 0 unspecified atom stereocenters. The topological polar surface area (TPSA) is 66.5 Å². The molecular weight excluding hydrogens is 580 g/mol. The van der Waals surface area contributed by atoms with E-state index in [0.29, 0.717) is 31.8 Å². The number of hydrogen-bond acceptors (Lipinski definition) is 3. The molecule has 0 heterocycles. The van der Waals surface area contributed by atoms with Gasteiger partial charge in [0.25, 0.3) is 15.9 Å². The van der Waals surface area contributed by atoms with Crippen molar-refractivity contribution in [2.75, 3.05) is 4.72 Å². The number of halogens is 3. The molecule has 0 aromatic heterocycles. The van der Waals surface area contributed by atoms with Gasteiger partial charge < -0.3 is 4.90 Å². The van der Waals surface area contributed by atoms with E-state index in [1.54, 1.807) is 47.4 Å². The van der Waals surface area contributed by atoms with Crippen LogP contribution in [-0.2, 0) is 16.6 Å². The van der Waals surface area contributed by atoms with Crippen LogP contribution in [0.5, 0.6) is 0 Å². The maximum atomic E-state index is 13.1. The second-order valence-corrected chi connectivity index (χ2v) is 11.3. The summed E-state index contributed by atoms with van der Waals surface area (Å²) in [5.41, 5.74) is 1.76. The summed E-state index contributed by atoms with van der Waals surface area (Å²) < 4.78 is 29.2. The normalized spacial score (nSPS) is 11.4. The molecule has 0 atom stereocenters. The van der Waals surface area contributed by atoms with E-state index in [1.165, 1.54) is 6.07 Å². The van der Waals surface area contributed by atoms with Gasteiger partial charge in [-0.25, -0.2) is 8.42 Å². The summed E-state index contributed by atoms with van der Waals surface area (Å²) in [6.07, 6.45) is 0. The fourth-order valence-corrected chi connectivity index (χ4v) is 5.84. The van der Waals surface area contributed by atoms with Gasteiger partial charge in [-0.15, -0.1) is 0 Å². The summed E-state index contributed by atoms with van der Waals surface area (Å²) in [6, 6.07) is 18.7. The molecule has 32 heavy (non-hydrogen) atoms. The van der Waals surface area contributed by atoms with E-state index in [2.05, 4.69) is 36.6 Å². The molecular formula is C23H21Br2ClN2O3S. The minimum absolute atomic E-state index is 0.0338. The predicted octanol–water partition coefficient (Wildman–Crippen LogP) is 6.72. The van der Waals surface area contributed by atoms with Crippen LogP contribution >= 0.6 is 43.5 Å². The Labute approximate surface area is 210 Å². The molecule has 0 radical (unpaired) electrons. The molecule has 0 saturated carbocycles. The second-order valence-electron chi connectivity index (χ2n) is 7.41. The van der Waals surface area contributed by atoms with Crippen LogP contribution in [0.15, 0.2) is 80.6 Å². The van der Waals surface area contributed by atoms with Crippen LogP contribution in [0.2, 0.25) is 5.02 Å². The third-order valence-corrected chi connectivity index (χ3v) is 7.80. The highest BCUT2D eigenvalue weighted by Crippen LogP contribution is 2.27. The van der Waals surface area contributed by atoms with Crippen molar-refractivity contribution in [2.24, 2.45) is 0 Å². The third kappa shape index (κ3) is 6.13. The van der Waals surface area contributed by atoms with Gasteiger partial charge in [-0.1, -0.05) is 39.7 Å². The van der Waals surface area contributed by atoms with Crippen LogP contribution in [-0.4, -0.2) is 25.3 Å². The lowest BCUT2D eigenvalue weighted by Gasteiger charge is -2.27. The number of sulfonamides is 1. The molecule has 168 valence electrons. The number of hydrogen-bond donors (Lipinski definition) is 1. The van der Waals surface area contributed by atoms with Crippen molar-refractivity contribution in [3.63, 3.8) is 0 Å². The maximum absolute atomic E-state index is 13.1. The van der Waals surface area contributed by atoms with Gasteiger partial charge in [0.2, 0.25) is 0 Å². The van der Waals surface area contributed by atoms with Gasteiger partial charge >= 0.3 is 0 Å². The van der Waals surface area contributed by atoms with E-state index in [4.69, 9.17) is 11.6 Å². The fourth-order valence-electron chi connectivity index (χ4n) is 3.06. The highest BCUT2D eigenvalue weighted by molar-refractivity contribution is 9.11. The Kier molecular flexibility index (Phi) is 8.03. The largest absolute Gasteiger partial charge is 0.332 e. The number of amides is 1. The lowest BCUT2D eigenvalue weighted by atomic mass is 10.1. The zero-order valence-electron chi connectivity index (χ0n) is 17.3. The van der Waals surface area contributed by atoms with E-state index >= 15 is 0 Å². The Morgan fingerprint density at radius 3 is 2.34 bits per heavy atom. The number of nitrogens with zero attached hydrogens (tertiary/aromatic N) is 1. The highest BCUT2D eigenvalue weighted by atomic mass is 79.9. The Hall–Kier alpha value is -1.87. The van der Waals surface area contributed by atoms with Crippen LogP contribution in [0.4, 0.5) is 5.69 Å². The van der Waals surface area contributed by atoms with Crippen LogP contribution in [0, 0.1) is 0 Å². The van der Waals surface area contributed by atoms with Crippen molar-refractivity contribution in [3.8, 4) is 0 Å². The quantitative estimate of drug-likeness (QED) is 0.328. The molecule has 1 N–H and O–H groups in total. The van der Waals surface area contributed by atoms with Gasteiger partial charge in [-0.3, -0.25) is 9.52 Å². The molecule has 9 heteroatoms. The lowest BCUT2D eigenvalue weighted by molar-refractivity contribution is 0.0690. The summed E-state index contributed by atoms with van der Waals surface area (Å²) in [4.78, 5) is 15.0. The van der Waals surface area contributed by atoms with E-state index in [9.17, 15) is 13.2 Å². The van der Waals surface area contributed by atoms with Gasteiger partial charge in [0.1, 0.15) is 4.90 Å². The van der Waals surface area contributed by atoms with E-state index in [0.717, 1.165) is 5.56 Å². The van der Waals surface area contributed by atoms with Crippen molar-refractivity contribution in [3.05, 3.63) is 91.8 Å². The summed E-state index contributed by atoms with van der Waals surface area (Å²) in [7, 11) is -3.81. The first kappa shape index (κ1) is 24.8. The monoisotopic (exact) mass is 598 g/mol. The number of benzene rings is 3. The average Bonchev–Trinajstić information content (AvgIpc) is 2.73. The molecule has 0 aliphatic carbocycles. The molecule has 0 aliphatic rings. The zero-order valence-corrected chi connectivity index (χ0v) is 22.1. The number of anilines is 1. The van der Waals surface area contributed by atoms with Crippen molar-refractivity contribution in [1.82, 2.24) is 4.90 Å². The zero-order chi connectivity index (χ0) is 23.5. The summed E-state index contributed by atoms with van der Waals surface area (Å²) in [5, 5.41) is 0.618. The molecule has 3 aromatic rings. The van der Waals surface area contributed by atoms with Gasteiger partial charge in [0.15, 0.2) is 0 Å². The van der Waals surface area contributed by atoms with Crippen LogP contribution in [0.1, 0.15) is 29.8 Å². The van der Waals surface area contributed by atoms with E-state index in [1.807, 2.05) is 32.0 Å². The lowest BCUT2D eigenvalue weighted by Crippen LogP contribution is -2.36. The minimum Gasteiger partial charge on any atom is -0.332 e. The maximum Gasteiger partial charge on any atom is 0.263 e. The summed E-state index contributed by atoms with van der Waals surface area (Å²) >= 11 is 12.6. The Morgan fingerprint density at radius 2 is 1.72 bits per heavy atom. The molecule has 0 bridgehead atoms. The van der Waals surface area contributed by atoms with Gasteiger partial charge in [0.05, 0.1) is 0 Å². The van der Waals surface area contributed by atoms with Crippen LogP contribution < -0.4 is 4.72 Å². The van der Waals surface area contributed by atoms with E-state index in [-0.39, 0.29) is 16.8 Å². The van der Waals surface area contributed by atoms with Crippen molar-refractivity contribution in [1.29, 1.82) is 0 Å². The van der Waals surface area contributed by atoms with Gasteiger partial charge in [-0.2, -0.15) is 0 Å². The predicted molar refractivity (Wildman–Crippen MR) is 136 cm³/mol. The highest BCUT2D eigenvalue weighted by Gasteiger charge is 2.21. The average molecular weight is 601 g/mol. The first-order chi connectivity index (χ1) is 15.1. The molecule has 0 aliphatic heterocycles. The third-order valence-electron chi connectivity index (χ3n) is 4.69. The number of carbonyl (C=O) groups excluding carboxylic acids is 1. The Balaban J connectivity index is 1.79. The van der Waals surface area contributed by atoms with Crippen molar-refractivity contribution < 1.29 is 13.2 Å². The standard InChI is InChI=1S/C23H21Br2ClN2O3S/c1-15(2)28(14-16-4-3-5-19(26)12-16)23(29)17-6-9-20(10-7-17)27-32(30,31)22-13-18(24)8-11-21(22)25/h3-13,15,27H,14H2,1-2H3. The first-order valence-electron chi connectivity index (χ1n) is 9.70. The molecule has 5 nitrogen and oxygen atoms in total. The molecule has 3 rings (SSSR count). The summed E-state index contributed by atoms with van der Waals surface area (Å²) in [5.74, 6) is -0.149. The van der Waals surface area contributed by atoms with Gasteiger partial charge in [-0.05, 0) is 89.9 Å². The van der Waals surface area contributed by atoms with Crippen LogP contribution in [0.25, 0.3) is 0 Å². The second kappa shape index (κ2) is 10.4. The first-order valence-corrected chi connectivity index (χ1v) is 13.1. The van der Waals surface area contributed by atoms with E-state index < -0.39 is 10.0 Å². The molecule has 3 aromatic carbocycles. The SMILES string of the molecule is CC(C)N(Cc1cccc(Cl)c1)C(=O)c1ccc(NS(=O)(=O)c2cc(Br)ccc2Br)cc1. The number of carbonyl (C=O) groups is 1. The summed E-state index contributed by atoms with van der Waals surface area (Å²) in [6.45, 7) is 4.31.